The van der Waals surface area contributed by atoms with Gasteiger partial charge in [-0.3, -0.25) is 9.78 Å². The number of nitrogens with one attached hydrogen (secondary N) is 2. The molecule has 2 N–H and O–H groups in total. The Morgan fingerprint density at radius 1 is 1.35 bits per heavy atom. The van der Waals surface area contributed by atoms with Crippen molar-refractivity contribution in [2.75, 3.05) is 30.9 Å². The summed E-state index contributed by atoms with van der Waals surface area (Å²) >= 11 is 6.06. The van der Waals surface area contributed by atoms with Crippen LogP contribution in [-0.4, -0.2) is 31.2 Å². The maximum Gasteiger partial charge on any atom is 0.274 e. The minimum atomic E-state index is -0.268. The van der Waals surface area contributed by atoms with Crippen LogP contribution in [0.2, 0.25) is 5.02 Å². The molecule has 122 valence electrons. The highest BCUT2D eigenvalue weighted by Gasteiger charge is 2.11. The van der Waals surface area contributed by atoms with Crippen molar-refractivity contribution >= 4 is 28.9 Å². The van der Waals surface area contributed by atoms with Crippen LogP contribution in [0.25, 0.3) is 0 Å². The predicted octanol–water partition coefficient (Wildman–Crippen LogP) is 3.74. The van der Waals surface area contributed by atoms with Crippen LogP contribution >= 0.6 is 11.6 Å². The molecule has 1 heterocycles. The van der Waals surface area contributed by atoms with Crippen molar-refractivity contribution in [3.8, 4) is 0 Å². The third kappa shape index (κ3) is 4.94. The lowest BCUT2D eigenvalue weighted by Crippen LogP contribution is -2.15. The van der Waals surface area contributed by atoms with Crippen molar-refractivity contribution < 1.29 is 9.53 Å². The molecule has 1 aromatic heterocycles. The quantitative estimate of drug-likeness (QED) is 0.758. The minimum Gasteiger partial charge on any atom is -0.385 e. The fourth-order valence-electron chi connectivity index (χ4n) is 2.04. The number of hydrogen-bond acceptors (Lipinski definition) is 4. The minimum absolute atomic E-state index is 0.268. The van der Waals surface area contributed by atoms with Crippen LogP contribution in [0.3, 0.4) is 0 Å². The number of aromatic nitrogens is 1. The van der Waals surface area contributed by atoms with E-state index >= 15 is 0 Å². The van der Waals surface area contributed by atoms with E-state index in [1.54, 1.807) is 31.5 Å². The van der Waals surface area contributed by atoms with Gasteiger partial charge in [0.15, 0.2) is 0 Å². The Morgan fingerprint density at radius 2 is 2.17 bits per heavy atom. The number of nitrogens with zero attached hydrogens (tertiary/aromatic N) is 1. The van der Waals surface area contributed by atoms with E-state index in [9.17, 15) is 4.79 Å². The first kappa shape index (κ1) is 17.2. The largest absolute Gasteiger partial charge is 0.385 e. The fourth-order valence-corrected chi connectivity index (χ4v) is 2.22. The van der Waals surface area contributed by atoms with Gasteiger partial charge in [-0.15, -0.1) is 0 Å². The average Bonchev–Trinajstić information content (AvgIpc) is 2.56. The Labute approximate surface area is 141 Å². The van der Waals surface area contributed by atoms with E-state index in [0.29, 0.717) is 23.0 Å². The van der Waals surface area contributed by atoms with Crippen LogP contribution in [0.5, 0.6) is 0 Å². The van der Waals surface area contributed by atoms with Gasteiger partial charge in [0.25, 0.3) is 5.91 Å². The molecule has 0 fully saturated rings. The number of anilines is 2. The second kappa shape index (κ2) is 8.50. The first-order valence-electron chi connectivity index (χ1n) is 7.37. The molecule has 23 heavy (non-hydrogen) atoms. The monoisotopic (exact) mass is 333 g/mol. The number of carbonyl (C=O) groups is 1. The van der Waals surface area contributed by atoms with Crippen LogP contribution in [0.4, 0.5) is 11.4 Å². The zero-order chi connectivity index (χ0) is 16.7. The van der Waals surface area contributed by atoms with E-state index in [1.807, 2.05) is 19.1 Å². The number of halogens is 1. The van der Waals surface area contributed by atoms with E-state index in [0.717, 1.165) is 24.2 Å². The Kier molecular flexibility index (Phi) is 6.38. The number of carbonyl (C=O) groups excluding carboxylic acids is 1. The number of rotatable bonds is 7. The Morgan fingerprint density at radius 3 is 2.96 bits per heavy atom. The van der Waals surface area contributed by atoms with Crippen molar-refractivity contribution in [3.05, 3.63) is 52.8 Å². The molecule has 0 saturated carbocycles. The molecular weight excluding hydrogens is 314 g/mol. The number of hydrogen-bond donors (Lipinski definition) is 2. The summed E-state index contributed by atoms with van der Waals surface area (Å²) in [6.07, 6.45) is 2.50. The highest BCUT2D eigenvalue weighted by atomic mass is 35.5. The molecule has 2 rings (SSSR count). The molecule has 0 aliphatic heterocycles. The normalized spacial score (nSPS) is 10.4. The molecule has 0 aliphatic carbocycles. The number of benzene rings is 1. The summed E-state index contributed by atoms with van der Waals surface area (Å²) in [5.41, 5.74) is 2.71. The Balaban J connectivity index is 2.03. The molecule has 0 spiro atoms. The van der Waals surface area contributed by atoms with Gasteiger partial charge < -0.3 is 15.4 Å². The van der Waals surface area contributed by atoms with Gasteiger partial charge in [-0.1, -0.05) is 17.7 Å². The van der Waals surface area contributed by atoms with E-state index < -0.39 is 0 Å². The zero-order valence-electron chi connectivity index (χ0n) is 13.2. The molecule has 2 aromatic rings. The van der Waals surface area contributed by atoms with E-state index in [2.05, 4.69) is 15.6 Å². The van der Waals surface area contributed by atoms with Crippen molar-refractivity contribution in [2.24, 2.45) is 0 Å². The Hall–Kier alpha value is -2.11. The maximum absolute atomic E-state index is 12.3. The average molecular weight is 334 g/mol. The first-order chi connectivity index (χ1) is 11.1. The predicted molar refractivity (Wildman–Crippen MR) is 93.4 cm³/mol. The molecule has 1 amide bonds. The molecule has 5 nitrogen and oxygen atoms in total. The third-order valence-electron chi connectivity index (χ3n) is 3.36. The second-order valence-electron chi connectivity index (χ2n) is 5.07. The van der Waals surface area contributed by atoms with Gasteiger partial charge in [-0.05, 0) is 43.2 Å². The third-order valence-corrected chi connectivity index (χ3v) is 3.77. The zero-order valence-corrected chi connectivity index (χ0v) is 14.0. The molecule has 0 radical (unpaired) electrons. The summed E-state index contributed by atoms with van der Waals surface area (Å²) in [7, 11) is 1.67. The summed E-state index contributed by atoms with van der Waals surface area (Å²) in [4.78, 5) is 16.5. The van der Waals surface area contributed by atoms with Gasteiger partial charge in [0.05, 0.1) is 0 Å². The summed E-state index contributed by atoms with van der Waals surface area (Å²) in [6, 6.07) is 8.95. The van der Waals surface area contributed by atoms with E-state index in [-0.39, 0.29) is 5.91 Å². The number of amides is 1. The Bertz CT molecular complexity index is 677. The molecular formula is C17H20ClN3O2. The molecule has 0 saturated heterocycles. The molecule has 0 unspecified atom stereocenters. The van der Waals surface area contributed by atoms with Gasteiger partial charge in [-0.25, -0.2) is 0 Å². The van der Waals surface area contributed by atoms with Gasteiger partial charge in [0.1, 0.15) is 5.69 Å². The van der Waals surface area contributed by atoms with Crippen molar-refractivity contribution in [1.29, 1.82) is 0 Å². The van der Waals surface area contributed by atoms with Crippen LogP contribution < -0.4 is 10.6 Å². The molecule has 0 atom stereocenters. The molecule has 0 aliphatic rings. The van der Waals surface area contributed by atoms with Crippen molar-refractivity contribution in [1.82, 2.24) is 4.98 Å². The smallest absolute Gasteiger partial charge is 0.274 e. The summed E-state index contributed by atoms with van der Waals surface area (Å²) in [6.45, 7) is 3.32. The van der Waals surface area contributed by atoms with Crippen LogP contribution in [0.1, 0.15) is 22.5 Å². The SMILES string of the molecule is COCCCNc1ccnc(C(=O)Nc2cccc(Cl)c2C)c1. The van der Waals surface area contributed by atoms with Crippen molar-refractivity contribution in [2.45, 2.75) is 13.3 Å². The summed E-state index contributed by atoms with van der Waals surface area (Å²) in [5, 5.41) is 6.69. The molecule has 6 heteroatoms. The van der Waals surface area contributed by atoms with Crippen LogP contribution in [0.15, 0.2) is 36.5 Å². The van der Waals surface area contributed by atoms with Crippen LogP contribution in [0, 0.1) is 6.92 Å². The van der Waals surface area contributed by atoms with E-state index in [4.69, 9.17) is 16.3 Å². The van der Waals surface area contributed by atoms with Crippen LogP contribution in [-0.2, 0) is 4.74 Å². The number of ether oxygens (including phenoxy) is 1. The lowest BCUT2D eigenvalue weighted by molar-refractivity contribution is 0.102. The van der Waals surface area contributed by atoms with Gasteiger partial charge >= 0.3 is 0 Å². The topological polar surface area (TPSA) is 63.2 Å². The van der Waals surface area contributed by atoms with Crippen molar-refractivity contribution in [3.63, 3.8) is 0 Å². The van der Waals surface area contributed by atoms with Gasteiger partial charge in [-0.2, -0.15) is 0 Å². The highest BCUT2D eigenvalue weighted by molar-refractivity contribution is 6.31. The van der Waals surface area contributed by atoms with Gasteiger partial charge in [0.2, 0.25) is 0 Å². The number of pyridine rings is 1. The number of methoxy groups -OCH3 is 1. The fraction of sp³-hybridized carbons (Fsp3) is 0.294. The maximum atomic E-state index is 12.3. The van der Waals surface area contributed by atoms with Gasteiger partial charge in [0, 0.05) is 42.9 Å². The molecule has 1 aromatic carbocycles. The summed E-state index contributed by atoms with van der Waals surface area (Å²) in [5.74, 6) is -0.268. The highest BCUT2D eigenvalue weighted by Crippen LogP contribution is 2.23. The van der Waals surface area contributed by atoms with E-state index in [1.165, 1.54) is 0 Å². The second-order valence-corrected chi connectivity index (χ2v) is 5.48. The summed E-state index contributed by atoms with van der Waals surface area (Å²) < 4.78 is 5.00. The standard InChI is InChI=1S/C17H20ClN3O2/c1-12-14(18)5-3-6-15(12)21-17(22)16-11-13(7-9-20-16)19-8-4-10-23-2/h3,5-7,9,11H,4,8,10H2,1-2H3,(H,19,20)(H,21,22). The molecule has 0 bridgehead atoms. The lowest BCUT2D eigenvalue weighted by atomic mass is 10.2. The first-order valence-corrected chi connectivity index (χ1v) is 7.75. The lowest BCUT2D eigenvalue weighted by Gasteiger charge is -2.10.